The molecule has 0 heterocycles. The Morgan fingerprint density at radius 2 is 1.12 bits per heavy atom. The molecule has 0 saturated heterocycles. The van der Waals surface area contributed by atoms with Crippen molar-refractivity contribution < 1.29 is 19.8 Å². The first-order valence-electron chi connectivity index (χ1n) is 9.52. The fourth-order valence-corrected chi connectivity index (χ4v) is 19.6. The van der Waals surface area contributed by atoms with Crippen molar-refractivity contribution in [1.82, 2.24) is 0 Å². The molecule has 1 aromatic carbocycles. The van der Waals surface area contributed by atoms with E-state index < -0.39 is 30.3 Å². The van der Waals surface area contributed by atoms with E-state index in [1.807, 2.05) is 0 Å². The van der Waals surface area contributed by atoms with Gasteiger partial charge in [-0.2, -0.15) is 0 Å². The molecule has 1 aromatic rings. The number of hydrogen-bond acceptors (Lipinski definition) is 2. The summed E-state index contributed by atoms with van der Waals surface area (Å²) in [6, 6.07) is 4.89. The third-order valence-corrected chi connectivity index (χ3v) is 20.6. The Hall–Kier alpha value is -1.04. The van der Waals surface area contributed by atoms with Crippen molar-refractivity contribution in [3.63, 3.8) is 0 Å². The molecule has 0 fully saturated rings. The molecule has 0 aliphatic carbocycles. The monoisotopic (exact) mass is 456 g/mol. The molecular weight excluding hydrogens is 423 g/mol. The summed E-state index contributed by atoms with van der Waals surface area (Å²) >= 11 is -2.83. The van der Waals surface area contributed by atoms with Gasteiger partial charge in [-0.1, -0.05) is 0 Å². The second-order valence-electron chi connectivity index (χ2n) is 7.00. The van der Waals surface area contributed by atoms with Gasteiger partial charge in [0.05, 0.1) is 0 Å². The summed E-state index contributed by atoms with van der Waals surface area (Å²) in [6.07, 6.45) is 6.85. The Morgan fingerprint density at radius 3 is 1.40 bits per heavy atom. The molecule has 1 rings (SSSR count). The van der Waals surface area contributed by atoms with Crippen molar-refractivity contribution in [2.75, 3.05) is 0 Å². The van der Waals surface area contributed by atoms with Crippen LogP contribution in [0.2, 0.25) is 13.3 Å². The van der Waals surface area contributed by atoms with Crippen molar-refractivity contribution in [3.8, 4) is 0 Å². The van der Waals surface area contributed by atoms with Gasteiger partial charge >= 0.3 is 156 Å². The van der Waals surface area contributed by atoms with E-state index in [9.17, 15) is 19.8 Å². The van der Waals surface area contributed by atoms with Crippen LogP contribution in [-0.2, 0) is 0 Å². The van der Waals surface area contributed by atoms with Crippen LogP contribution in [-0.4, -0.2) is 40.5 Å². The molecule has 0 atom stereocenters. The van der Waals surface area contributed by atoms with Gasteiger partial charge in [-0.05, 0) is 0 Å². The number of carboxylic acids is 2. The number of benzene rings is 1. The van der Waals surface area contributed by atoms with Crippen molar-refractivity contribution in [2.45, 2.75) is 72.6 Å². The quantitative estimate of drug-likeness (QED) is 0.429. The van der Waals surface area contributed by atoms with E-state index in [0.29, 0.717) is 0 Å². The number of rotatable bonds is 12. The van der Waals surface area contributed by atoms with E-state index in [2.05, 4.69) is 20.8 Å². The molecule has 0 aliphatic heterocycles. The third kappa shape index (κ3) is 6.32. The standard InChI is InChI=1S/C8H5O4.3C4H9.Sn/c9-7(10)5-2-1-3-6(4-5)8(11)12;3*1-3-4-2;/h2-4H,(H,9,10)(H,11,12);3*1,3-4H2,2H3;. The third-order valence-electron chi connectivity index (χ3n) is 5.07. The molecule has 5 heteroatoms. The van der Waals surface area contributed by atoms with Crippen LogP contribution in [0.3, 0.4) is 0 Å². The number of hydrogen-bond donors (Lipinski definition) is 2. The van der Waals surface area contributed by atoms with Gasteiger partial charge in [-0.15, -0.1) is 0 Å². The minimum absolute atomic E-state index is 0.125. The van der Waals surface area contributed by atoms with Gasteiger partial charge in [-0.25, -0.2) is 0 Å². The number of aromatic carboxylic acids is 2. The number of carbonyl (C=O) groups is 2. The molecule has 140 valence electrons. The van der Waals surface area contributed by atoms with Crippen LogP contribution in [0.1, 0.15) is 80.0 Å². The molecule has 0 unspecified atom stereocenters. The van der Waals surface area contributed by atoms with Crippen LogP contribution >= 0.6 is 0 Å². The van der Waals surface area contributed by atoms with E-state index in [1.165, 1.54) is 19.4 Å². The molecule has 2 N–H and O–H groups in total. The second kappa shape index (κ2) is 10.8. The first-order chi connectivity index (χ1) is 11.9. The Morgan fingerprint density at radius 1 is 0.760 bits per heavy atom. The summed E-state index contributed by atoms with van der Waals surface area (Å²) in [7, 11) is 0. The molecule has 0 bridgehead atoms. The van der Waals surface area contributed by atoms with Crippen molar-refractivity contribution >= 4 is 33.9 Å². The Labute approximate surface area is 155 Å². The fraction of sp³-hybridized carbons (Fsp3) is 0.600. The van der Waals surface area contributed by atoms with Crippen molar-refractivity contribution in [3.05, 3.63) is 29.3 Å². The van der Waals surface area contributed by atoms with E-state index in [4.69, 9.17) is 0 Å². The zero-order valence-corrected chi connectivity index (χ0v) is 18.7. The van der Waals surface area contributed by atoms with E-state index >= 15 is 0 Å². The van der Waals surface area contributed by atoms with Gasteiger partial charge in [0.2, 0.25) is 0 Å². The van der Waals surface area contributed by atoms with Gasteiger partial charge in [0.15, 0.2) is 0 Å². The molecule has 0 aliphatic rings. The summed E-state index contributed by atoms with van der Waals surface area (Å²) in [4.78, 5) is 23.1. The first kappa shape index (κ1) is 22.0. The normalized spacial score (nSPS) is 11.5. The molecule has 4 nitrogen and oxygen atoms in total. The topological polar surface area (TPSA) is 74.6 Å². The molecule has 0 saturated carbocycles. The number of unbranched alkanes of at least 4 members (excludes halogenated alkanes) is 3. The van der Waals surface area contributed by atoms with Crippen LogP contribution in [0.5, 0.6) is 0 Å². The van der Waals surface area contributed by atoms with Crippen molar-refractivity contribution in [2.24, 2.45) is 0 Å². The molecule has 0 spiro atoms. The second-order valence-corrected chi connectivity index (χ2v) is 20.2. The first-order valence-corrected chi connectivity index (χ1v) is 17.0. The zero-order valence-electron chi connectivity index (χ0n) is 15.8. The summed E-state index contributed by atoms with van der Waals surface area (Å²) in [5.41, 5.74) is 0.251. The average molecular weight is 455 g/mol. The maximum atomic E-state index is 11.5. The molecule has 0 amide bonds. The minimum atomic E-state index is -2.83. The predicted molar refractivity (Wildman–Crippen MR) is 105 cm³/mol. The SMILES string of the molecule is CCC[CH2][Sn]([CH2]CCC)([CH2]CCC)[c]1cc(C(=O)O)cc(C(=O)O)c1. The van der Waals surface area contributed by atoms with Gasteiger partial charge in [0.25, 0.3) is 0 Å². The Bertz CT molecular complexity index is 529. The van der Waals surface area contributed by atoms with Crippen LogP contribution in [0, 0.1) is 0 Å². The van der Waals surface area contributed by atoms with Gasteiger partial charge in [-0.3, -0.25) is 0 Å². The molecular formula is C20H32O4Sn. The van der Waals surface area contributed by atoms with Crippen LogP contribution < -0.4 is 3.58 Å². The summed E-state index contributed by atoms with van der Waals surface area (Å²) < 4.78 is 4.66. The Kier molecular flexibility index (Phi) is 9.54. The van der Waals surface area contributed by atoms with Gasteiger partial charge in [0.1, 0.15) is 0 Å². The average Bonchev–Trinajstić information content (AvgIpc) is 2.61. The summed E-state index contributed by atoms with van der Waals surface area (Å²) in [5, 5.41) is 18.9. The summed E-state index contributed by atoms with van der Waals surface area (Å²) in [6.45, 7) is 6.56. The van der Waals surface area contributed by atoms with Crippen LogP contribution in [0.25, 0.3) is 0 Å². The van der Waals surface area contributed by atoms with E-state index in [0.717, 1.165) is 42.1 Å². The van der Waals surface area contributed by atoms with Crippen LogP contribution in [0.4, 0.5) is 0 Å². The van der Waals surface area contributed by atoms with E-state index in [-0.39, 0.29) is 11.1 Å². The van der Waals surface area contributed by atoms with Crippen LogP contribution in [0.15, 0.2) is 18.2 Å². The molecule has 0 aromatic heterocycles. The maximum absolute atomic E-state index is 11.5. The predicted octanol–water partition coefficient (Wildman–Crippen LogP) is 5.14. The van der Waals surface area contributed by atoms with E-state index in [1.54, 1.807) is 12.1 Å². The molecule has 25 heavy (non-hydrogen) atoms. The fourth-order valence-electron chi connectivity index (χ4n) is 3.53. The Balaban J connectivity index is 3.47. The van der Waals surface area contributed by atoms with Crippen molar-refractivity contribution in [1.29, 1.82) is 0 Å². The number of carboxylic acid groups (broad SMARTS) is 2. The van der Waals surface area contributed by atoms with Gasteiger partial charge in [0, 0.05) is 0 Å². The summed E-state index contributed by atoms with van der Waals surface area (Å²) in [5.74, 6) is -2.07. The molecule has 0 radical (unpaired) electrons. The van der Waals surface area contributed by atoms with Gasteiger partial charge < -0.3 is 0 Å². The zero-order chi connectivity index (χ0) is 18.9.